The van der Waals surface area contributed by atoms with Crippen LogP contribution in [0.5, 0.6) is 0 Å². The second-order valence-corrected chi connectivity index (χ2v) is 10.7. The van der Waals surface area contributed by atoms with Crippen molar-refractivity contribution < 1.29 is 4.79 Å². The summed E-state index contributed by atoms with van der Waals surface area (Å²) in [4.78, 5) is 13.6. The summed E-state index contributed by atoms with van der Waals surface area (Å²) in [5, 5.41) is 12.7. The van der Waals surface area contributed by atoms with Crippen LogP contribution in [0.1, 0.15) is 29.7 Å². The molecule has 5 nitrogen and oxygen atoms in total. The smallest absolute Gasteiger partial charge is 0.282 e. The predicted octanol–water partition coefficient (Wildman–Crippen LogP) is 7.40. The fraction of sp³-hybridized carbons (Fsp3) is 0.172. The van der Waals surface area contributed by atoms with E-state index in [0.717, 1.165) is 5.56 Å². The number of hydrazine groups is 1. The Morgan fingerprint density at radius 3 is 2.19 bits per heavy atom. The number of rotatable bonds is 4. The van der Waals surface area contributed by atoms with Crippen molar-refractivity contribution in [2.45, 2.75) is 26.1 Å². The molecule has 0 saturated carbocycles. The van der Waals surface area contributed by atoms with Crippen LogP contribution in [0.15, 0.2) is 84.0 Å². The van der Waals surface area contributed by atoms with E-state index in [4.69, 9.17) is 39.9 Å². The highest BCUT2D eigenvalue weighted by molar-refractivity contribution is 6.41. The normalized spacial score (nSPS) is 19.2. The van der Waals surface area contributed by atoms with Gasteiger partial charge in [0.05, 0.1) is 16.8 Å². The Labute approximate surface area is 230 Å². The van der Waals surface area contributed by atoms with Gasteiger partial charge in [-0.1, -0.05) is 90.3 Å². The van der Waals surface area contributed by atoms with Crippen LogP contribution in [0.2, 0.25) is 15.1 Å². The summed E-state index contributed by atoms with van der Waals surface area (Å²) in [5.41, 5.74) is 7.59. The predicted molar refractivity (Wildman–Crippen MR) is 151 cm³/mol. The topological polar surface area (TPSA) is 47.9 Å². The Kier molecular flexibility index (Phi) is 6.33. The monoisotopic (exact) mass is 548 g/mol. The number of benzene rings is 4. The summed E-state index contributed by atoms with van der Waals surface area (Å²) in [6, 6.07) is 25.2. The molecule has 2 heterocycles. The van der Waals surface area contributed by atoms with E-state index in [9.17, 15) is 4.79 Å². The largest absolute Gasteiger partial charge is 0.283 e. The molecule has 0 saturated heterocycles. The molecular formula is C29H23Cl3N4O. The molecule has 0 aromatic heterocycles. The molecule has 186 valence electrons. The zero-order valence-corrected chi connectivity index (χ0v) is 22.2. The van der Waals surface area contributed by atoms with Crippen LogP contribution in [0, 0.1) is 5.92 Å². The van der Waals surface area contributed by atoms with Gasteiger partial charge in [0.25, 0.3) is 5.91 Å². The second-order valence-electron chi connectivity index (χ2n) is 9.44. The maximum absolute atomic E-state index is 13.6. The van der Waals surface area contributed by atoms with Crippen LogP contribution in [0.3, 0.4) is 0 Å². The number of anilines is 1. The summed E-state index contributed by atoms with van der Waals surface area (Å²) >= 11 is 18.9. The molecule has 1 N–H and O–H groups in total. The molecule has 0 spiro atoms. The number of carbonyl (C=O) groups is 1. The third kappa shape index (κ3) is 4.47. The minimum Gasteiger partial charge on any atom is -0.283 e. The third-order valence-corrected chi connectivity index (χ3v) is 7.83. The van der Waals surface area contributed by atoms with Crippen molar-refractivity contribution in [3.05, 3.63) is 111 Å². The highest BCUT2D eigenvalue weighted by atomic mass is 35.5. The maximum atomic E-state index is 13.6. The maximum Gasteiger partial charge on any atom is 0.282 e. The molecule has 4 aromatic rings. The van der Waals surface area contributed by atoms with Gasteiger partial charge in [0, 0.05) is 29.1 Å². The van der Waals surface area contributed by atoms with Gasteiger partial charge in [-0.3, -0.25) is 15.2 Å². The van der Waals surface area contributed by atoms with E-state index in [2.05, 4.69) is 41.8 Å². The Bertz CT molecular complexity index is 1510. The first-order chi connectivity index (χ1) is 17.9. The van der Waals surface area contributed by atoms with Crippen molar-refractivity contribution in [2.75, 3.05) is 5.01 Å². The summed E-state index contributed by atoms with van der Waals surface area (Å²) in [6.07, 6.45) is 0. The second kappa shape index (κ2) is 9.66. The Balaban J connectivity index is 1.31. The summed E-state index contributed by atoms with van der Waals surface area (Å²) < 4.78 is 0. The van der Waals surface area contributed by atoms with Gasteiger partial charge in [-0.15, -0.1) is 0 Å². The summed E-state index contributed by atoms with van der Waals surface area (Å²) in [7, 11) is 0. The van der Waals surface area contributed by atoms with Gasteiger partial charge in [0.2, 0.25) is 0 Å². The number of hydrogen-bond donors (Lipinski definition) is 1. The van der Waals surface area contributed by atoms with Crippen molar-refractivity contribution in [3.8, 4) is 0 Å². The lowest BCUT2D eigenvalue weighted by molar-refractivity contribution is -0.120. The minimum atomic E-state index is -0.243. The van der Waals surface area contributed by atoms with E-state index in [0.29, 0.717) is 39.6 Å². The van der Waals surface area contributed by atoms with Crippen LogP contribution >= 0.6 is 34.8 Å². The molecule has 37 heavy (non-hydrogen) atoms. The van der Waals surface area contributed by atoms with Crippen LogP contribution in [0.25, 0.3) is 10.8 Å². The van der Waals surface area contributed by atoms with Gasteiger partial charge in [-0.2, -0.15) is 5.10 Å². The van der Waals surface area contributed by atoms with Gasteiger partial charge in [0.15, 0.2) is 0 Å². The van der Waals surface area contributed by atoms with Gasteiger partial charge >= 0.3 is 0 Å². The van der Waals surface area contributed by atoms with Gasteiger partial charge < -0.3 is 0 Å². The molecule has 2 aliphatic rings. The highest BCUT2D eigenvalue weighted by Gasteiger charge is 2.40. The lowest BCUT2D eigenvalue weighted by Gasteiger charge is -2.30. The molecule has 2 aliphatic heterocycles. The average molecular weight is 550 g/mol. The van der Waals surface area contributed by atoms with Crippen molar-refractivity contribution in [3.63, 3.8) is 0 Å². The van der Waals surface area contributed by atoms with Gasteiger partial charge in [-0.25, -0.2) is 5.01 Å². The number of amides is 1. The number of nitrogens with one attached hydrogen (secondary N) is 1. The summed E-state index contributed by atoms with van der Waals surface area (Å²) in [6.45, 7) is 3.25. The first-order valence-corrected chi connectivity index (χ1v) is 13.2. The molecule has 1 amide bonds. The molecule has 4 aromatic carbocycles. The van der Waals surface area contributed by atoms with E-state index < -0.39 is 0 Å². The third-order valence-electron chi connectivity index (χ3n) is 7.04. The van der Waals surface area contributed by atoms with Crippen LogP contribution in [-0.4, -0.2) is 16.6 Å². The fourth-order valence-electron chi connectivity index (χ4n) is 5.36. The molecule has 8 heteroatoms. The molecule has 2 atom stereocenters. The lowest BCUT2D eigenvalue weighted by atomic mass is 9.91. The van der Waals surface area contributed by atoms with E-state index in [1.807, 2.05) is 47.3 Å². The molecule has 6 rings (SSSR count). The van der Waals surface area contributed by atoms with E-state index in [1.165, 1.54) is 21.9 Å². The van der Waals surface area contributed by atoms with E-state index >= 15 is 0 Å². The molecule has 0 fully saturated rings. The molecule has 0 bridgehead atoms. The average Bonchev–Trinajstić information content (AvgIpc) is 3.21. The summed E-state index contributed by atoms with van der Waals surface area (Å²) in [5.74, 6) is -0.445. The Hall–Kier alpha value is -3.09. The zero-order chi connectivity index (χ0) is 25.7. The Morgan fingerprint density at radius 2 is 1.54 bits per heavy atom. The minimum absolute atomic E-state index is 0.214. The van der Waals surface area contributed by atoms with E-state index in [1.54, 1.807) is 12.1 Å². The fourth-order valence-corrected chi connectivity index (χ4v) is 5.98. The number of hydrazone groups is 1. The first-order valence-electron chi connectivity index (χ1n) is 12.0. The van der Waals surface area contributed by atoms with Crippen molar-refractivity contribution in [1.82, 2.24) is 10.4 Å². The van der Waals surface area contributed by atoms with E-state index in [-0.39, 0.29) is 17.9 Å². The molecule has 0 unspecified atom stereocenters. The SMILES string of the molecule is C[C@H]1C(C(=O)NN2Cc3cccc4cccc(c34)C2)=NN(c2ccc(Cl)cc2Cl)[C@H]1c1ccc(Cl)cc1. The van der Waals surface area contributed by atoms with Crippen LogP contribution in [0.4, 0.5) is 5.69 Å². The number of nitrogens with zero attached hydrogens (tertiary/aromatic N) is 3. The molecule has 0 aliphatic carbocycles. The van der Waals surface area contributed by atoms with Crippen molar-refractivity contribution in [1.29, 1.82) is 0 Å². The Morgan fingerprint density at radius 1 is 0.892 bits per heavy atom. The lowest BCUT2D eigenvalue weighted by Crippen LogP contribution is -2.46. The quantitative estimate of drug-likeness (QED) is 0.288. The highest BCUT2D eigenvalue weighted by Crippen LogP contribution is 2.42. The number of carbonyl (C=O) groups excluding carboxylic acids is 1. The van der Waals surface area contributed by atoms with Gasteiger partial charge in [-0.05, 0) is 57.8 Å². The van der Waals surface area contributed by atoms with Crippen LogP contribution in [-0.2, 0) is 17.9 Å². The molecule has 0 radical (unpaired) electrons. The number of halogens is 3. The van der Waals surface area contributed by atoms with Crippen LogP contribution < -0.4 is 10.4 Å². The zero-order valence-electron chi connectivity index (χ0n) is 20.0. The van der Waals surface area contributed by atoms with Gasteiger partial charge in [0.1, 0.15) is 5.71 Å². The standard InChI is InChI=1S/C29H23Cl3N4O/c1-17-27(29(37)34-35-15-20-6-2-4-18-5-3-7-21(16-35)26(18)20)33-36(25-13-12-23(31)14-24(25)32)28(17)19-8-10-22(30)11-9-19/h2-14,17,28H,15-16H2,1H3,(H,34,37)/t17-,28+/m0/s1. The van der Waals surface area contributed by atoms with Crippen molar-refractivity contribution >= 4 is 62.9 Å². The number of hydrogen-bond acceptors (Lipinski definition) is 4. The van der Waals surface area contributed by atoms with Crippen molar-refractivity contribution in [2.24, 2.45) is 11.0 Å². The first kappa shape index (κ1) is 24.3. The molecular weight excluding hydrogens is 527 g/mol.